The molecule has 1 aliphatic rings. The Hall–Kier alpha value is -1.98. The van der Waals surface area contributed by atoms with Gasteiger partial charge in [0, 0.05) is 25.4 Å². The third-order valence-electron chi connectivity index (χ3n) is 3.50. The van der Waals surface area contributed by atoms with Crippen molar-refractivity contribution in [2.24, 2.45) is 0 Å². The molecule has 1 amide bonds. The van der Waals surface area contributed by atoms with E-state index in [0.29, 0.717) is 4.88 Å². The summed E-state index contributed by atoms with van der Waals surface area (Å²) in [5.74, 6) is -3.22. The van der Waals surface area contributed by atoms with Gasteiger partial charge < -0.3 is 10.3 Å². The Balaban J connectivity index is 2.19. The molecule has 23 heavy (non-hydrogen) atoms. The van der Waals surface area contributed by atoms with Crippen LogP contribution in [0.2, 0.25) is 0 Å². The molecule has 1 aromatic rings. The molecule has 2 rings (SSSR count). The lowest BCUT2D eigenvalue weighted by Crippen LogP contribution is -2.42. The SMILES string of the molecule is CN1NC(C)(c2ccc(C(=O)NCCC#N)s2)C=C1C(C)(F)F. The minimum absolute atomic E-state index is 0.103. The Morgan fingerprint density at radius 2 is 2.26 bits per heavy atom. The van der Waals surface area contributed by atoms with Crippen molar-refractivity contribution in [1.29, 1.82) is 5.26 Å². The monoisotopic (exact) mass is 340 g/mol. The fourth-order valence-corrected chi connectivity index (χ4v) is 3.41. The average molecular weight is 340 g/mol. The molecule has 1 aromatic heterocycles. The maximum absolute atomic E-state index is 13.6. The molecule has 0 saturated carbocycles. The Labute approximate surface area is 137 Å². The van der Waals surface area contributed by atoms with Gasteiger partial charge in [-0.05, 0) is 25.1 Å². The van der Waals surface area contributed by atoms with Crippen LogP contribution >= 0.6 is 11.3 Å². The number of amides is 1. The van der Waals surface area contributed by atoms with Crippen LogP contribution < -0.4 is 10.7 Å². The zero-order valence-electron chi connectivity index (χ0n) is 13.1. The van der Waals surface area contributed by atoms with Crippen molar-refractivity contribution in [3.05, 3.63) is 33.7 Å². The van der Waals surface area contributed by atoms with Crippen LogP contribution in [0.25, 0.3) is 0 Å². The normalized spacial score (nSPS) is 21.0. The van der Waals surface area contributed by atoms with E-state index < -0.39 is 11.5 Å². The smallest absolute Gasteiger partial charge is 0.285 e. The van der Waals surface area contributed by atoms with Gasteiger partial charge in [0.25, 0.3) is 11.8 Å². The summed E-state index contributed by atoms with van der Waals surface area (Å²) in [5.41, 5.74) is 2.11. The summed E-state index contributed by atoms with van der Waals surface area (Å²) in [4.78, 5) is 13.2. The lowest BCUT2D eigenvalue weighted by molar-refractivity contribution is 0.0292. The summed E-state index contributed by atoms with van der Waals surface area (Å²) in [6.07, 6.45) is 1.72. The summed E-state index contributed by atoms with van der Waals surface area (Å²) in [6, 6.07) is 5.35. The molecule has 8 heteroatoms. The van der Waals surface area contributed by atoms with Crippen molar-refractivity contribution >= 4 is 17.2 Å². The topological polar surface area (TPSA) is 68.2 Å². The Kier molecular flexibility index (Phi) is 4.73. The Morgan fingerprint density at radius 3 is 2.83 bits per heavy atom. The van der Waals surface area contributed by atoms with E-state index in [0.717, 1.165) is 11.8 Å². The van der Waals surface area contributed by atoms with Gasteiger partial charge in [0.15, 0.2) is 0 Å². The zero-order valence-corrected chi connectivity index (χ0v) is 13.9. The first kappa shape index (κ1) is 17.4. The van der Waals surface area contributed by atoms with Crippen molar-refractivity contribution < 1.29 is 13.6 Å². The number of rotatable bonds is 5. The van der Waals surface area contributed by atoms with E-state index in [1.54, 1.807) is 19.1 Å². The van der Waals surface area contributed by atoms with Crippen molar-refractivity contribution in [3.8, 4) is 6.07 Å². The first-order valence-electron chi connectivity index (χ1n) is 7.05. The summed E-state index contributed by atoms with van der Waals surface area (Å²) >= 11 is 1.24. The van der Waals surface area contributed by atoms with Crippen LogP contribution in [-0.4, -0.2) is 30.4 Å². The fraction of sp³-hybridized carbons (Fsp3) is 0.467. The molecule has 0 aromatic carbocycles. The Bertz CT molecular complexity index is 674. The number of alkyl halides is 2. The quantitative estimate of drug-likeness (QED) is 0.809. The average Bonchev–Trinajstić information content (AvgIpc) is 3.04. The molecule has 0 aliphatic carbocycles. The molecule has 0 spiro atoms. The molecule has 1 aliphatic heterocycles. The van der Waals surface area contributed by atoms with Gasteiger partial charge in [-0.1, -0.05) is 0 Å². The number of nitrogens with one attached hydrogen (secondary N) is 2. The van der Waals surface area contributed by atoms with E-state index >= 15 is 0 Å². The number of nitriles is 1. The van der Waals surface area contributed by atoms with Gasteiger partial charge in [-0.3, -0.25) is 4.79 Å². The van der Waals surface area contributed by atoms with E-state index in [1.165, 1.54) is 29.5 Å². The highest BCUT2D eigenvalue weighted by atomic mass is 32.1. The van der Waals surface area contributed by atoms with Crippen LogP contribution in [0, 0.1) is 11.3 Å². The Morgan fingerprint density at radius 1 is 1.57 bits per heavy atom. The minimum atomic E-state index is -2.95. The second-order valence-electron chi connectivity index (χ2n) is 5.62. The maximum atomic E-state index is 13.6. The molecule has 0 saturated heterocycles. The summed E-state index contributed by atoms with van der Waals surface area (Å²) in [5, 5.41) is 12.4. The summed E-state index contributed by atoms with van der Waals surface area (Å²) in [6.45, 7) is 2.92. The predicted octanol–water partition coefficient (Wildman–Crippen LogP) is 2.60. The molecule has 124 valence electrons. The number of hydrogen-bond acceptors (Lipinski definition) is 5. The van der Waals surface area contributed by atoms with Crippen LogP contribution in [0.1, 0.15) is 34.8 Å². The number of carbonyl (C=O) groups is 1. The van der Waals surface area contributed by atoms with Crippen LogP contribution in [0.15, 0.2) is 23.9 Å². The standard InChI is InChI=1S/C15H18F2N4OS/c1-14(9-11(15(2,16)17)21(3)20-14)12-6-5-10(23-12)13(22)19-8-4-7-18/h5-6,9,20H,4,8H2,1-3H3,(H,19,22). The molecule has 0 radical (unpaired) electrons. The van der Waals surface area contributed by atoms with Gasteiger partial charge >= 0.3 is 0 Å². The van der Waals surface area contributed by atoms with Crippen molar-refractivity contribution in [2.45, 2.75) is 31.7 Å². The summed E-state index contributed by atoms with van der Waals surface area (Å²) in [7, 11) is 1.54. The molecular weight excluding hydrogens is 322 g/mol. The highest BCUT2D eigenvalue weighted by molar-refractivity contribution is 7.14. The lowest BCUT2D eigenvalue weighted by atomic mass is 10.0. The van der Waals surface area contributed by atoms with Gasteiger partial charge in [-0.2, -0.15) is 14.0 Å². The molecule has 5 nitrogen and oxygen atoms in total. The van der Waals surface area contributed by atoms with E-state index in [4.69, 9.17) is 5.26 Å². The van der Waals surface area contributed by atoms with Crippen LogP contribution in [0.5, 0.6) is 0 Å². The number of carbonyl (C=O) groups excluding carboxylic acids is 1. The number of thiophene rings is 1. The fourth-order valence-electron chi connectivity index (χ4n) is 2.42. The van der Waals surface area contributed by atoms with Gasteiger partial charge in [-0.25, -0.2) is 5.43 Å². The lowest BCUT2D eigenvalue weighted by Gasteiger charge is -2.26. The first-order chi connectivity index (χ1) is 10.7. The molecule has 0 bridgehead atoms. The summed E-state index contributed by atoms with van der Waals surface area (Å²) < 4.78 is 27.2. The van der Waals surface area contributed by atoms with Crippen LogP contribution in [0.3, 0.4) is 0 Å². The van der Waals surface area contributed by atoms with Gasteiger partial charge in [-0.15, -0.1) is 11.3 Å². The number of halogens is 2. The minimum Gasteiger partial charge on any atom is -0.350 e. The number of allylic oxidation sites excluding steroid dienone is 1. The molecule has 2 heterocycles. The second kappa shape index (κ2) is 6.26. The highest BCUT2D eigenvalue weighted by Crippen LogP contribution is 2.39. The number of nitrogens with zero attached hydrogens (tertiary/aromatic N) is 2. The largest absolute Gasteiger partial charge is 0.350 e. The maximum Gasteiger partial charge on any atom is 0.285 e. The molecule has 1 atom stereocenters. The molecule has 1 unspecified atom stereocenters. The zero-order chi connectivity index (χ0) is 17.3. The van der Waals surface area contributed by atoms with Crippen molar-refractivity contribution in [1.82, 2.24) is 15.8 Å². The van der Waals surface area contributed by atoms with Crippen molar-refractivity contribution in [3.63, 3.8) is 0 Å². The second-order valence-corrected chi connectivity index (χ2v) is 6.70. The van der Waals surface area contributed by atoms with E-state index in [2.05, 4.69) is 10.7 Å². The predicted molar refractivity (Wildman–Crippen MR) is 83.8 cm³/mol. The van der Waals surface area contributed by atoms with E-state index in [-0.39, 0.29) is 24.6 Å². The van der Waals surface area contributed by atoms with Gasteiger partial charge in [0.05, 0.1) is 28.6 Å². The van der Waals surface area contributed by atoms with Gasteiger partial charge in [0.2, 0.25) is 0 Å². The molecule has 2 N–H and O–H groups in total. The number of hydrogen-bond donors (Lipinski definition) is 2. The first-order valence-corrected chi connectivity index (χ1v) is 7.87. The van der Waals surface area contributed by atoms with Gasteiger partial charge in [0.1, 0.15) is 0 Å². The van der Waals surface area contributed by atoms with Crippen LogP contribution in [-0.2, 0) is 5.54 Å². The van der Waals surface area contributed by atoms with E-state index in [9.17, 15) is 13.6 Å². The molecular formula is C15H18F2N4OS. The highest BCUT2D eigenvalue weighted by Gasteiger charge is 2.42. The van der Waals surface area contributed by atoms with Crippen molar-refractivity contribution in [2.75, 3.05) is 13.6 Å². The molecule has 0 fully saturated rings. The number of hydrazine groups is 1. The third-order valence-corrected chi connectivity index (χ3v) is 4.82. The van der Waals surface area contributed by atoms with Crippen LogP contribution in [0.4, 0.5) is 8.78 Å². The third kappa shape index (κ3) is 3.68. The van der Waals surface area contributed by atoms with E-state index in [1.807, 2.05) is 6.07 Å².